The van der Waals surface area contributed by atoms with E-state index in [9.17, 15) is 0 Å². The predicted octanol–water partition coefficient (Wildman–Crippen LogP) is -8.59. The van der Waals surface area contributed by atoms with Crippen molar-refractivity contribution in [2.75, 3.05) is 6.61 Å². The number of hydrogen-bond donors (Lipinski definition) is 1. The SMILES string of the molecule is CCCCO.[Al+3].[I-].[I-].[I-]. The first-order valence-electron chi connectivity index (χ1n) is 2.02. The molecule has 0 atom stereocenters. The second-order valence-electron chi connectivity index (χ2n) is 1.08. The monoisotopic (exact) mass is 482 g/mol. The third-order valence-corrected chi connectivity index (χ3v) is 0.512. The number of halogens is 3. The molecule has 5 heteroatoms. The molecule has 0 aliphatic heterocycles. The Balaban J connectivity index is -0.0000000133. The molecule has 0 saturated carbocycles. The first kappa shape index (κ1) is 29.9. The van der Waals surface area contributed by atoms with Crippen molar-refractivity contribution < 1.29 is 77.0 Å². The van der Waals surface area contributed by atoms with Gasteiger partial charge in [0, 0.05) is 6.61 Å². The predicted molar refractivity (Wildman–Crippen MR) is 27.7 cm³/mol. The van der Waals surface area contributed by atoms with Gasteiger partial charge in [0.2, 0.25) is 0 Å². The van der Waals surface area contributed by atoms with Crippen molar-refractivity contribution in [1.82, 2.24) is 0 Å². The molecule has 0 aliphatic rings. The van der Waals surface area contributed by atoms with Gasteiger partial charge in [-0.2, -0.15) is 0 Å². The molecule has 0 aromatic heterocycles. The van der Waals surface area contributed by atoms with Crippen LogP contribution in [0.5, 0.6) is 0 Å². The number of aliphatic hydroxyl groups is 1. The Labute approximate surface area is 119 Å². The summed E-state index contributed by atoms with van der Waals surface area (Å²) >= 11 is 0. The first-order chi connectivity index (χ1) is 2.41. The summed E-state index contributed by atoms with van der Waals surface area (Å²) in [7, 11) is 0. The average Bonchev–Trinajstić information content (AvgIpc) is 1.41. The molecule has 9 heavy (non-hydrogen) atoms. The topological polar surface area (TPSA) is 20.2 Å². The van der Waals surface area contributed by atoms with Crippen molar-refractivity contribution in [1.29, 1.82) is 0 Å². The first-order valence-corrected chi connectivity index (χ1v) is 2.02. The van der Waals surface area contributed by atoms with Crippen LogP contribution in [0.2, 0.25) is 0 Å². The molecule has 0 unspecified atom stereocenters. The van der Waals surface area contributed by atoms with Crippen LogP contribution in [0, 0.1) is 0 Å². The number of hydrogen-bond acceptors (Lipinski definition) is 1. The van der Waals surface area contributed by atoms with E-state index in [1.54, 1.807) is 0 Å². The van der Waals surface area contributed by atoms with Crippen molar-refractivity contribution in [2.24, 2.45) is 0 Å². The molecule has 0 saturated heterocycles. The molecular formula is C4H10AlI3O. The summed E-state index contributed by atoms with van der Waals surface area (Å²) in [4.78, 5) is 0. The van der Waals surface area contributed by atoms with E-state index in [-0.39, 0.29) is 89.3 Å². The molecule has 0 aromatic carbocycles. The van der Waals surface area contributed by atoms with Gasteiger partial charge in [-0.05, 0) is 6.42 Å². The van der Waals surface area contributed by atoms with Gasteiger partial charge >= 0.3 is 17.4 Å². The summed E-state index contributed by atoms with van der Waals surface area (Å²) in [5.41, 5.74) is 0. The molecule has 56 valence electrons. The number of unbranched alkanes of at least 4 members (excludes halogenated alkanes) is 1. The van der Waals surface area contributed by atoms with Crippen LogP contribution in [-0.2, 0) is 0 Å². The molecule has 1 nitrogen and oxygen atoms in total. The van der Waals surface area contributed by atoms with E-state index in [1.165, 1.54) is 0 Å². The van der Waals surface area contributed by atoms with Crippen molar-refractivity contribution in [3.05, 3.63) is 0 Å². The fourth-order valence-corrected chi connectivity index (χ4v) is 0.158. The largest absolute Gasteiger partial charge is 3.00 e. The van der Waals surface area contributed by atoms with Gasteiger partial charge in [0.25, 0.3) is 0 Å². The third kappa shape index (κ3) is 36.7. The molecule has 0 aliphatic carbocycles. The summed E-state index contributed by atoms with van der Waals surface area (Å²) in [6.07, 6.45) is 2.04. The standard InChI is InChI=1S/C4H10O.Al.3HI/c1-2-3-4-5;;;;/h5H,2-4H2,1H3;;3*1H/q;+3;;;/p-3. The zero-order valence-corrected chi connectivity index (χ0v) is 12.9. The zero-order chi connectivity index (χ0) is 4.12. The Bertz CT molecular complexity index is 23.3. The molecule has 0 heterocycles. The van der Waals surface area contributed by atoms with Gasteiger partial charge in [-0.15, -0.1) is 0 Å². The fraction of sp³-hybridized carbons (Fsp3) is 1.00. The Kier molecular flexibility index (Phi) is 103. The quantitative estimate of drug-likeness (QED) is 0.307. The fourth-order valence-electron chi connectivity index (χ4n) is 0.158. The van der Waals surface area contributed by atoms with Crippen molar-refractivity contribution in [3.8, 4) is 0 Å². The molecule has 0 spiro atoms. The van der Waals surface area contributed by atoms with Gasteiger partial charge in [0.1, 0.15) is 0 Å². The van der Waals surface area contributed by atoms with E-state index in [1.807, 2.05) is 0 Å². The summed E-state index contributed by atoms with van der Waals surface area (Å²) in [5, 5.41) is 8.07. The maximum Gasteiger partial charge on any atom is 3.00 e. The smallest absolute Gasteiger partial charge is 1.00 e. The van der Waals surface area contributed by atoms with E-state index in [4.69, 9.17) is 5.11 Å². The van der Waals surface area contributed by atoms with E-state index in [0.717, 1.165) is 12.8 Å². The van der Waals surface area contributed by atoms with Crippen LogP contribution in [0.1, 0.15) is 19.8 Å². The Morgan fingerprint density at radius 3 is 1.44 bits per heavy atom. The van der Waals surface area contributed by atoms with Crippen LogP contribution in [0.15, 0.2) is 0 Å². The van der Waals surface area contributed by atoms with Crippen LogP contribution in [-0.4, -0.2) is 29.1 Å². The van der Waals surface area contributed by atoms with Gasteiger partial charge in [0.05, 0.1) is 0 Å². The molecule has 0 rings (SSSR count). The zero-order valence-electron chi connectivity index (χ0n) is 5.28. The van der Waals surface area contributed by atoms with E-state index < -0.39 is 0 Å². The maximum atomic E-state index is 8.07. The average molecular weight is 482 g/mol. The van der Waals surface area contributed by atoms with E-state index in [0.29, 0.717) is 6.61 Å². The summed E-state index contributed by atoms with van der Waals surface area (Å²) in [6.45, 7) is 2.40. The number of aliphatic hydroxyl groups excluding tert-OH is 1. The molecule has 0 amide bonds. The van der Waals surface area contributed by atoms with Crippen molar-refractivity contribution >= 4 is 17.4 Å². The van der Waals surface area contributed by atoms with Crippen LogP contribution < -0.4 is 71.9 Å². The van der Waals surface area contributed by atoms with Crippen molar-refractivity contribution in [3.63, 3.8) is 0 Å². The Morgan fingerprint density at radius 1 is 1.11 bits per heavy atom. The Morgan fingerprint density at radius 2 is 1.44 bits per heavy atom. The van der Waals surface area contributed by atoms with Gasteiger partial charge in [-0.25, -0.2) is 0 Å². The summed E-state index contributed by atoms with van der Waals surface area (Å²) in [6, 6.07) is 0. The van der Waals surface area contributed by atoms with Gasteiger partial charge in [-0.1, -0.05) is 13.3 Å². The number of rotatable bonds is 2. The van der Waals surface area contributed by atoms with Crippen LogP contribution in [0.25, 0.3) is 0 Å². The molecule has 0 bridgehead atoms. The van der Waals surface area contributed by atoms with Crippen LogP contribution in [0.3, 0.4) is 0 Å². The minimum absolute atomic E-state index is 0. The molecule has 0 aromatic rings. The molecule has 0 fully saturated rings. The van der Waals surface area contributed by atoms with Crippen LogP contribution in [0.4, 0.5) is 0 Å². The summed E-state index contributed by atoms with van der Waals surface area (Å²) < 4.78 is 0. The van der Waals surface area contributed by atoms with Gasteiger partial charge in [-0.3, -0.25) is 0 Å². The van der Waals surface area contributed by atoms with E-state index >= 15 is 0 Å². The minimum Gasteiger partial charge on any atom is -1.00 e. The third-order valence-electron chi connectivity index (χ3n) is 0.512. The molecular weight excluding hydrogens is 472 g/mol. The molecule has 0 radical (unpaired) electrons. The second kappa shape index (κ2) is 31.0. The summed E-state index contributed by atoms with van der Waals surface area (Å²) in [5.74, 6) is 0. The molecule has 1 N–H and O–H groups in total. The van der Waals surface area contributed by atoms with Crippen molar-refractivity contribution in [2.45, 2.75) is 19.8 Å². The van der Waals surface area contributed by atoms with E-state index in [2.05, 4.69) is 6.92 Å². The normalized spacial score (nSPS) is 4.67. The maximum absolute atomic E-state index is 8.07. The Hall–Kier alpha value is 2.68. The minimum atomic E-state index is 0. The van der Waals surface area contributed by atoms with Gasteiger partial charge < -0.3 is 77.0 Å². The van der Waals surface area contributed by atoms with Gasteiger partial charge in [0.15, 0.2) is 0 Å². The second-order valence-corrected chi connectivity index (χ2v) is 1.08. The van der Waals surface area contributed by atoms with Crippen LogP contribution >= 0.6 is 0 Å².